The Kier molecular flexibility index (Phi) is 9.40. The monoisotopic (exact) mass is 492 g/mol. The minimum atomic E-state index is -0.800. The molecule has 8 heteroatoms. The lowest BCUT2D eigenvalue weighted by molar-refractivity contribution is -0.118. The van der Waals surface area contributed by atoms with Crippen LogP contribution >= 0.6 is 11.6 Å². The van der Waals surface area contributed by atoms with Crippen molar-refractivity contribution < 1.29 is 14.4 Å². The van der Waals surface area contributed by atoms with E-state index < -0.39 is 6.04 Å². The molecule has 0 aliphatic heterocycles. The molecule has 0 heterocycles. The summed E-state index contributed by atoms with van der Waals surface area (Å²) in [5, 5.41) is 9.04. The summed E-state index contributed by atoms with van der Waals surface area (Å²) in [6, 6.07) is 22.0. The Morgan fingerprint density at radius 3 is 2.03 bits per heavy atom. The maximum atomic E-state index is 13.1. The minimum absolute atomic E-state index is 0.0803. The summed E-state index contributed by atoms with van der Waals surface area (Å²) in [6.07, 6.45) is 0.714. The van der Waals surface area contributed by atoms with Crippen molar-refractivity contribution in [2.45, 2.75) is 18.9 Å². The zero-order valence-electron chi connectivity index (χ0n) is 19.8. The van der Waals surface area contributed by atoms with E-state index in [2.05, 4.69) is 16.0 Å². The highest BCUT2D eigenvalue weighted by Crippen LogP contribution is 2.16. The van der Waals surface area contributed by atoms with Gasteiger partial charge in [-0.3, -0.25) is 14.4 Å². The van der Waals surface area contributed by atoms with E-state index in [-0.39, 0.29) is 17.7 Å². The second-order valence-electron chi connectivity index (χ2n) is 8.39. The van der Waals surface area contributed by atoms with Gasteiger partial charge in [-0.25, -0.2) is 0 Å². The van der Waals surface area contributed by atoms with Crippen molar-refractivity contribution in [2.75, 3.05) is 31.3 Å². The van der Waals surface area contributed by atoms with Crippen molar-refractivity contribution in [1.29, 1.82) is 0 Å². The summed E-state index contributed by atoms with van der Waals surface area (Å²) >= 11 is 5.92. The number of benzene rings is 3. The first-order valence-electron chi connectivity index (χ1n) is 11.3. The van der Waals surface area contributed by atoms with Gasteiger partial charge in [0, 0.05) is 41.3 Å². The van der Waals surface area contributed by atoms with Crippen LogP contribution < -0.4 is 16.0 Å². The van der Waals surface area contributed by atoms with Crippen molar-refractivity contribution in [3.63, 3.8) is 0 Å². The average Bonchev–Trinajstić information content (AvgIpc) is 2.84. The van der Waals surface area contributed by atoms with Crippen molar-refractivity contribution in [1.82, 2.24) is 10.2 Å². The number of hydrogen-bond donors (Lipinski definition) is 3. The van der Waals surface area contributed by atoms with Crippen LogP contribution in [-0.2, 0) is 16.0 Å². The fraction of sp³-hybridized carbons (Fsp3) is 0.222. The number of amides is 3. The van der Waals surface area contributed by atoms with Gasteiger partial charge in [-0.1, -0.05) is 41.9 Å². The fourth-order valence-corrected chi connectivity index (χ4v) is 3.44. The molecule has 0 saturated heterocycles. The Hall–Kier alpha value is -3.68. The Balaban J connectivity index is 1.67. The van der Waals surface area contributed by atoms with E-state index in [1.54, 1.807) is 48.5 Å². The normalized spacial score (nSPS) is 11.5. The Bertz CT molecular complexity index is 1130. The van der Waals surface area contributed by atoms with Gasteiger partial charge in [-0.15, -0.1) is 0 Å². The maximum Gasteiger partial charge on any atom is 0.251 e. The molecule has 3 N–H and O–H groups in total. The highest BCUT2D eigenvalue weighted by atomic mass is 35.5. The summed E-state index contributed by atoms with van der Waals surface area (Å²) in [4.78, 5) is 39.9. The molecule has 3 rings (SSSR count). The van der Waals surface area contributed by atoms with Gasteiger partial charge in [0.1, 0.15) is 6.04 Å². The molecule has 0 bridgehead atoms. The summed E-state index contributed by atoms with van der Waals surface area (Å²) in [5.41, 5.74) is 2.53. The third kappa shape index (κ3) is 8.55. The first-order valence-corrected chi connectivity index (χ1v) is 11.6. The van der Waals surface area contributed by atoms with Crippen LogP contribution in [0.1, 0.15) is 22.3 Å². The summed E-state index contributed by atoms with van der Waals surface area (Å²) in [6.45, 7) is 0.657. The van der Waals surface area contributed by atoms with E-state index in [1.165, 1.54) is 0 Å². The van der Waals surface area contributed by atoms with E-state index in [0.29, 0.717) is 41.3 Å². The molecule has 7 nitrogen and oxygen atoms in total. The number of carbonyl (C=O) groups is 3. The van der Waals surface area contributed by atoms with Gasteiger partial charge >= 0.3 is 0 Å². The summed E-state index contributed by atoms with van der Waals surface area (Å²) < 4.78 is 0. The molecule has 0 radical (unpaired) electrons. The zero-order chi connectivity index (χ0) is 25.2. The number of rotatable bonds is 10. The molecular weight excluding hydrogens is 464 g/mol. The number of carbonyl (C=O) groups excluding carboxylic acids is 3. The molecule has 0 aromatic heterocycles. The third-order valence-electron chi connectivity index (χ3n) is 5.23. The lowest BCUT2D eigenvalue weighted by atomic mass is 10.0. The van der Waals surface area contributed by atoms with Gasteiger partial charge in [-0.05, 0) is 68.2 Å². The third-order valence-corrected chi connectivity index (χ3v) is 5.49. The first kappa shape index (κ1) is 25.9. The van der Waals surface area contributed by atoms with E-state index in [0.717, 1.165) is 5.56 Å². The molecule has 35 heavy (non-hydrogen) atoms. The molecule has 0 aliphatic rings. The SMILES string of the molecule is CN(C)CCC(=O)Nc1ccc(NC(=O)C(Cc2ccccc2)NC(=O)c2ccc(Cl)cc2)cc1. The quantitative estimate of drug-likeness (QED) is 0.395. The van der Waals surface area contributed by atoms with E-state index in [1.807, 2.05) is 49.3 Å². The average molecular weight is 493 g/mol. The van der Waals surface area contributed by atoms with E-state index >= 15 is 0 Å². The molecule has 1 unspecified atom stereocenters. The fourth-order valence-electron chi connectivity index (χ4n) is 3.32. The zero-order valence-corrected chi connectivity index (χ0v) is 20.5. The van der Waals surface area contributed by atoms with Crippen LogP contribution in [0, 0.1) is 0 Å². The van der Waals surface area contributed by atoms with Gasteiger partial charge in [0.25, 0.3) is 5.91 Å². The molecule has 3 aromatic carbocycles. The standard InChI is InChI=1S/C27H29ClN4O3/c1-32(2)17-16-25(33)29-22-12-14-23(15-13-22)30-27(35)24(18-19-6-4-3-5-7-19)31-26(34)20-8-10-21(28)11-9-20/h3-15,24H,16-18H2,1-2H3,(H,29,33)(H,30,35)(H,31,34). The molecular formula is C27H29ClN4O3. The maximum absolute atomic E-state index is 13.1. The topological polar surface area (TPSA) is 90.5 Å². The van der Waals surface area contributed by atoms with Crippen molar-refractivity contribution in [3.05, 3.63) is 95.0 Å². The van der Waals surface area contributed by atoms with Crippen LogP contribution in [0.4, 0.5) is 11.4 Å². The molecule has 0 fully saturated rings. The Morgan fingerprint density at radius 1 is 0.829 bits per heavy atom. The number of anilines is 2. The predicted octanol–water partition coefficient (Wildman–Crippen LogP) is 4.21. The highest BCUT2D eigenvalue weighted by Gasteiger charge is 2.22. The second-order valence-corrected chi connectivity index (χ2v) is 8.83. The van der Waals surface area contributed by atoms with Gasteiger partial charge < -0.3 is 20.9 Å². The van der Waals surface area contributed by atoms with Crippen LogP contribution in [-0.4, -0.2) is 49.3 Å². The van der Waals surface area contributed by atoms with E-state index in [4.69, 9.17) is 11.6 Å². The second kappa shape index (κ2) is 12.7. The van der Waals surface area contributed by atoms with E-state index in [9.17, 15) is 14.4 Å². The largest absolute Gasteiger partial charge is 0.340 e. The van der Waals surface area contributed by atoms with Crippen LogP contribution in [0.5, 0.6) is 0 Å². The number of nitrogens with zero attached hydrogens (tertiary/aromatic N) is 1. The Morgan fingerprint density at radius 2 is 1.43 bits per heavy atom. The summed E-state index contributed by atoms with van der Waals surface area (Å²) in [5.74, 6) is -0.796. The predicted molar refractivity (Wildman–Crippen MR) is 140 cm³/mol. The Labute approximate surface area is 210 Å². The van der Waals surface area contributed by atoms with Crippen molar-refractivity contribution in [3.8, 4) is 0 Å². The number of hydrogen-bond acceptors (Lipinski definition) is 4. The lowest BCUT2D eigenvalue weighted by Gasteiger charge is -2.19. The van der Waals surface area contributed by atoms with Crippen molar-refractivity contribution in [2.24, 2.45) is 0 Å². The van der Waals surface area contributed by atoms with Gasteiger partial charge in [0.15, 0.2) is 0 Å². The minimum Gasteiger partial charge on any atom is -0.340 e. The molecule has 0 aliphatic carbocycles. The molecule has 3 amide bonds. The smallest absolute Gasteiger partial charge is 0.251 e. The van der Waals surface area contributed by atoms with Gasteiger partial charge in [0.05, 0.1) is 0 Å². The van der Waals surface area contributed by atoms with Gasteiger partial charge in [-0.2, -0.15) is 0 Å². The summed E-state index contributed by atoms with van der Waals surface area (Å²) in [7, 11) is 3.82. The highest BCUT2D eigenvalue weighted by molar-refractivity contribution is 6.30. The molecule has 0 saturated carbocycles. The first-order chi connectivity index (χ1) is 16.8. The molecule has 1 atom stereocenters. The number of halogens is 1. The molecule has 0 spiro atoms. The van der Waals surface area contributed by atoms with Crippen molar-refractivity contribution >= 4 is 40.7 Å². The lowest BCUT2D eigenvalue weighted by Crippen LogP contribution is -2.45. The number of nitrogens with one attached hydrogen (secondary N) is 3. The van der Waals surface area contributed by atoms with Crippen LogP contribution in [0.3, 0.4) is 0 Å². The van der Waals surface area contributed by atoms with Crippen LogP contribution in [0.25, 0.3) is 0 Å². The molecule has 3 aromatic rings. The van der Waals surface area contributed by atoms with Gasteiger partial charge in [0.2, 0.25) is 11.8 Å². The molecule has 182 valence electrons. The van der Waals surface area contributed by atoms with Crippen LogP contribution in [0.2, 0.25) is 5.02 Å². The van der Waals surface area contributed by atoms with Crippen LogP contribution in [0.15, 0.2) is 78.9 Å².